The van der Waals surface area contributed by atoms with E-state index >= 15 is 0 Å². The Morgan fingerprint density at radius 2 is 1.94 bits per heavy atom. The molecule has 16 heavy (non-hydrogen) atoms. The van der Waals surface area contributed by atoms with E-state index in [4.69, 9.17) is 5.73 Å². The fourth-order valence-electron chi connectivity index (χ4n) is 1.45. The molecular formula is C10H6BrF3N2. The topological polar surface area (TPSA) is 38.9 Å². The maximum absolute atomic E-state index is 12.7. The lowest BCUT2D eigenvalue weighted by Gasteiger charge is -2.11. The Bertz CT molecular complexity index is 551. The maximum Gasteiger partial charge on any atom is 0.417 e. The summed E-state index contributed by atoms with van der Waals surface area (Å²) in [4.78, 5) is 3.86. The lowest BCUT2D eigenvalue weighted by Crippen LogP contribution is -2.06. The molecule has 2 nitrogen and oxygen atoms in total. The van der Waals surface area contributed by atoms with Crippen LogP contribution in [0.5, 0.6) is 0 Å². The van der Waals surface area contributed by atoms with Crippen molar-refractivity contribution in [2.75, 3.05) is 5.73 Å². The Morgan fingerprint density at radius 3 is 2.56 bits per heavy atom. The Labute approximate surface area is 97.4 Å². The molecule has 1 aromatic heterocycles. The minimum atomic E-state index is -4.42. The Balaban J connectivity index is 2.91. The van der Waals surface area contributed by atoms with Crippen molar-refractivity contribution in [3.05, 3.63) is 34.4 Å². The van der Waals surface area contributed by atoms with Crippen LogP contribution in [0, 0.1) is 0 Å². The molecule has 1 aromatic carbocycles. The minimum Gasteiger partial charge on any atom is -0.397 e. The third kappa shape index (κ3) is 1.73. The first-order valence-electron chi connectivity index (χ1n) is 4.31. The second-order valence-electron chi connectivity index (χ2n) is 3.22. The number of hydrogen-bond donors (Lipinski definition) is 1. The summed E-state index contributed by atoms with van der Waals surface area (Å²) in [5.74, 6) is 0. The quantitative estimate of drug-likeness (QED) is 0.805. The molecule has 0 unspecified atom stereocenters. The van der Waals surface area contributed by atoms with Gasteiger partial charge in [-0.3, -0.25) is 4.98 Å². The zero-order valence-corrected chi connectivity index (χ0v) is 9.43. The molecule has 0 saturated heterocycles. The highest BCUT2D eigenvalue weighted by atomic mass is 79.9. The van der Waals surface area contributed by atoms with Gasteiger partial charge < -0.3 is 5.73 Å². The van der Waals surface area contributed by atoms with Gasteiger partial charge in [-0.1, -0.05) is 6.07 Å². The summed E-state index contributed by atoms with van der Waals surface area (Å²) in [6.45, 7) is 0. The van der Waals surface area contributed by atoms with E-state index < -0.39 is 11.7 Å². The SMILES string of the molecule is Nc1cnc2cccc(C(F)(F)F)c2c1Br. The van der Waals surface area contributed by atoms with Gasteiger partial charge in [-0.15, -0.1) is 0 Å². The van der Waals surface area contributed by atoms with Gasteiger partial charge in [0.25, 0.3) is 0 Å². The highest BCUT2D eigenvalue weighted by molar-refractivity contribution is 9.10. The van der Waals surface area contributed by atoms with Crippen LogP contribution < -0.4 is 5.73 Å². The number of nitrogens with zero attached hydrogens (tertiary/aromatic N) is 1. The first kappa shape index (κ1) is 11.2. The minimum absolute atomic E-state index is 0.00463. The number of aromatic nitrogens is 1. The first-order valence-corrected chi connectivity index (χ1v) is 5.10. The van der Waals surface area contributed by atoms with Gasteiger partial charge in [-0.25, -0.2) is 0 Å². The molecule has 0 saturated carbocycles. The Morgan fingerprint density at radius 1 is 1.25 bits per heavy atom. The van der Waals surface area contributed by atoms with Crippen LogP contribution in [0.4, 0.5) is 18.9 Å². The van der Waals surface area contributed by atoms with E-state index in [-0.39, 0.29) is 21.1 Å². The van der Waals surface area contributed by atoms with E-state index in [2.05, 4.69) is 20.9 Å². The molecule has 0 aliphatic heterocycles. The van der Waals surface area contributed by atoms with E-state index in [1.54, 1.807) is 0 Å². The molecule has 0 aliphatic carbocycles. The molecule has 0 bridgehead atoms. The standard InChI is InChI=1S/C10H6BrF3N2/c11-9-6(15)4-16-7-3-1-2-5(8(7)9)10(12,13)14/h1-4H,15H2. The zero-order valence-electron chi connectivity index (χ0n) is 7.85. The molecular weight excluding hydrogens is 285 g/mol. The number of alkyl halides is 3. The molecule has 0 atom stereocenters. The molecule has 0 fully saturated rings. The summed E-state index contributed by atoms with van der Waals surface area (Å²) in [6, 6.07) is 3.84. The van der Waals surface area contributed by atoms with Gasteiger partial charge in [0.2, 0.25) is 0 Å². The highest BCUT2D eigenvalue weighted by Crippen LogP contribution is 2.39. The summed E-state index contributed by atoms with van der Waals surface area (Å²) in [6.07, 6.45) is -3.09. The number of nitrogens with two attached hydrogens (primary N) is 1. The fourth-order valence-corrected chi connectivity index (χ4v) is 1.97. The van der Waals surface area contributed by atoms with Gasteiger partial charge in [0, 0.05) is 5.39 Å². The van der Waals surface area contributed by atoms with Crippen LogP contribution in [-0.4, -0.2) is 4.98 Å². The number of nitrogen functional groups attached to an aromatic ring is 1. The maximum atomic E-state index is 12.7. The lowest BCUT2D eigenvalue weighted by molar-refractivity contribution is -0.136. The fraction of sp³-hybridized carbons (Fsp3) is 0.100. The van der Waals surface area contributed by atoms with E-state index in [9.17, 15) is 13.2 Å². The van der Waals surface area contributed by atoms with E-state index in [0.717, 1.165) is 6.07 Å². The van der Waals surface area contributed by atoms with Crippen molar-refractivity contribution in [1.82, 2.24) is 4.98 Å². The summed E-state index contributed by atoms with van der Waals surface area (Å²) in [5.41, 5.74) is 5.23. The number of rotatable bonds is 0. The smallest absolute Gasteiger partial charge is 0.397 e. The van der Waals surface area contributed by atoms with Gasteiger partial charge in [0.15, 0.2) is 0 Å². The average Bonchev–Trinajstić information content (AvgIpc) is 2.21. The third-order valence-electron chi connectivity index (χ3n) is 2.16. The summed E-state index contributed by atoms with van der Waals surface area (Å²) in [7, 11) is 0. The van der Waals surface area contributed by atoms with Crippen molar-refractivity contribution in [2.45, 2.75) is 6.18 Å². The molecule has 2 rings (SSSR count). The second-order valence-corrected chi connectivity index (χ2v) is 4.02. The number of benzene rings is 1. The number of fused-ring (bicyclic) bond motifs is 1. The number of halogens is 4. The molecule has 0 amide bonds. The van der Waals surface area contributed by atoms with Crippen LogP contribution in [0.1, 0.15) is 5.56 Å². The van der Waals surface area contributed by atoms with Gasteiger partial charge in [-0.05, 0) is 28.1 Å². The third-order valence-corrected chi connectivity index (χ3v) is 3.02. The second kappa shape index (κ2) is 3.62. The van der Waals surface area contributed by atoms with Crippen molar-refractivity contribution in [1.29, 1.82) is 0 Å². The molecule has 0 radical (unpaired) electrons. The van der Waals surface area contributed by atoms with Gasteiger partial charge >= 0.3 is 6.18 Å². The summed E-state index contributed by atoms with van der Waals surface area (Å²) < 4.78 is 38.4. The summed E-state index contributed by atoms with van der Waals surface area (Å²) in [5, 5.41) is -0.00463. The van der Waals surface area contributed by atoms with E-state index in [1.165, 1.54) is 18.3 Å². The predicted octanol–water partition coefficient (Wildman–Crippen LogP) is 3.60. The Kier molecular flexibility index (Phi) is 2.53. The van der Waals surface area contributed by atoms with Crippen LogP contribution >= 0.6 is 15.9 Å². The molecule has 84 valence electrons. The molecule has 2 N–H and O–H groups in total. The molecule has 0 spiro atoms. The molecule has 0 aliphatic rings. The van der Waals surface area contributed by atoms with Gasteiger partial charge in [0.1, 0.15) is 0 Å². The number of anilines is 1. The molecule has 1 heterocycles. The van der Waals surface area contributed by atoms with Crippen LogP contribution in [0.3, 0.4) is 0 Å². The molecule has 2 aromatic rings. The monoisotopic (exact) mass is 290 g/mol. The molecule has 6 heteroatoms. The van der Waals surface area contributed by atoms with Crippen LogP contribution in [0.15, 0.2) is 28.9 Å². The van der Waals surface area contributed by atoms with Gasteiger partial charge in [0.05, 0.1) is 27.4 Å². The van der Waals surface area contributed by atoms with E-state index in [1.807, 2.05) is 0 Å². The zero-order chi connectivity index (χ0) is 11.9. The first-order chi connectivity index (χ1) is 7.41. The van der Waals surface area contributed by atoms with Crippen LogP contribution in [-0.2, 0) is 6.18 Å². The largest absolute Gasteiger partial charge is 0.417 e. The van der Waals surface area contributed by atoms with Crippen molar-refractivity contribution in [3.63, 3.8) is 0 Å². The number of pyridine rings is 1. The van der Waals surface area contributed by atoms with Crippen molar-refractivity contribution >= 4 is 32.5 Å². The average molecular weight is 291 g/mol. The van der Waals surface area contributed by atoms with E-state index in [0.29, 0.717) is 0 Å². The Hall–Kier alpha value is -1.30. The van der Waals surface area contributed by atoms with Crippen LogP contribution in [0.25, 0.3) is 10.9 Å². The van der Waals surface area contributed by atoms with Crippen molar-refractivity contribution in [3.8, 4) is 0 Å². The highest BCUT2D eigenvalue weighted by Gasteiger charge is 2.33. The lowest BCUT2D eigenvalue weighted by atomic mass is 10.1. The van der Waals surface area contributed by atoms with Crippen LogP contribution in [0.2, 0.25) is 0 Å². The number of hydrogen-bond acceptors (Lipinski definition) is 2. The summed E-state index contributed by atoms with van der Waals surface area (Å²) >= 11 is 3.06. The predicted molar refractivity (Wildman–Crippen MR) is 58.9 cm³/mol. The van der Waals surface area contributed by atoms with Crippen molar-refractivity contribution < 1.29 is 13.2 Å². The normalized spacial score (nSPS) is 12.0. The van der Waals surface area contributed by atoms with Gasteiger partial charge in [-0.2, -0.15) is 13.2 Å². The van der Waals surface area contributed by atoms with Crippen molar-refractivity contribution in [2.24, 2.45) is 0 Å².